The molecule has 208 valence electrons. The lowest BCUT2D eigenvalue weighted by Crippen LogP contribution is -2.74. The molecule has 2 aliphatic heterocycles. The lowest BCUT2D eigenvalue weighted by Gasteiger charge is -2.61. The third-order valence-corrected chi connectivity index (χ3v) is 8.44. The average Bonchev–Trinajstić information content (AvgIpc) is 3.21. The highest BCUT2D eigenvalue weighted by molar-refractivity contribution is 5.85. The maximum atomic E-state index is 12.9. The fraction of sp³-hybridized carbons (Fsp3) is 0.577. The first-order valence-corrected chi connectivity index (χ1v) is 12.5. The number of ether oxygens (including phenoxy) is 3. The van der Waals surface area contributed by atoms with Gasteiger partial charge in [0.2, 0.25) is 0 Å². The van der Waals surface area contributed by atoms with Crippen molar-refractivity contribution >= 4 is 30.3 Å². The van der Waals surface area contributed by atoms with Gasteiger partial charge in [-0.25, -0.2) is 4.79 Å². The first kappa shape index (κ1) is 28.3. The van der Waals surface area contributed by atoms with Crippen molar-refractivity contribution in [2.24, 2.45) is 5.73 Å². The van der Waals surface area contributed by atoms with Crippen LogP contribution in [0.25, 0.3) is 0 Å². The zero-order chi connectivity index (χ0) is 26.7. The van der Waals surface area contributed by atoms with Gasteiger partial charge in [-0.15, -0.1) is 12.4 Å². The number of carboxylic acids is 1. The largest absolute Gasteiger partial charge is 0.481 e. The smallest absolute Gasteiger partial charge is 0.352 e. The van der Waals surface area contributed by atoms with Crippen molar-refractivity contribution in [2.45, 2.75) is 80.9 Å². The average molecular weight is 553 g/mol. The van der Waals surface area contributed by atoms with E-state index >= 15 is 0 Å². The van der Waals surface area contributed by atoms with Crippen molar-refractivity contribution in [1.29, 1.82) is 0 Å². The Morgan fingerprint density at radius 3 is 2.71 bits per heavy atom. The van der Waals surface area contributed by atoms with E-state index in [4.69, 9.17) is 25.1 Å². The highest BCUT2D eigenvalue weighted by Gasteiger charge is 2.71. The maximum Gasteiger partial charge on any atom is 0.352 e. The Balaban J connectivity index is 0.00000336. The molecule has 2 heterocycles. The summed E-state index contributed by atoms with van der Waals surface area (Å²) in [6.45, 7) is 1.82. The molecule has 1 aromatic rings. The Bertz CT molecular complexity index is 1190. The van der Waals surface area contributed by atoms with E-state index in [-0.39, 0.29) is 50.1 Å². The number of esters is 2. The number of carbonyl (C=O) groups excluding carboxylic acids is 2. The molecule has 6 atom stereocenters. The molecule has 5 N–H and O–H groups in total. The number of carbonyl (C=O) groups is 3. The molecule has 0 aromatic heterocycles. The van der Waals surface area contributed by atoms with Crippen molar-refractivity contribution in [3.63, 3.8) is 0 Å². The number of hydrogen-bond acceptors (Lipinski definition) is 10. The van der Waals surface area contributed by atoms with E-state index in [0.717, 1.165) is 11.1 Å². The maximum absolute atomic E-state index is 12.9. The van der Waals surface area contributed by atoms with Gasteiger partial charge in [0.1, 0.15) is 17.6 Å². The zero-order valence-electron chi connectivity index (χ0n) is 21.2. The van der Waals surface area contributed by atoms with Gasteiger partial charge in [-0.3, -0.25) is 9.59 Å². The molecule has 0 amide bonds. The van der Waals surface area contributed by atoms with Crippen LogP contribution in [-0.4, -0.2) is 81.6 Å². The monoisotopic (exact) mass is 552 g/mol. The third-order valence-electron chi connectivity index (χ3n) is 8.44. The highest BCUT2D eigenvalue weighted by atomic mass is 35.5. The van der Waals surface area contributed by atoms with Crippen LogP contribution < -0.4 is 10.5 Å². The number of likely N-dealkylation sites (tertiary alicyclic amines) is 1. The molecule has 11 nitrogen and oxygen atoms in total. The molecule has 1 saturated heterocycles. The van der Waals surface area contributed by atoms with E-state index in [0.29, 0.717) is 30.7 Å². The number of hydrogen-bond donors (Lipinski definition) is 4. The van der Waals surface area contributed by atoms with Crippen molar-refractivity contribution in [3.8, 4) is 5.75 Å². The van der Waals surface area contributed by atoms with Crippen molar-refractivity contribution in [3.05, 3.63) is 40.7 Å². The van der Waals surface area contributed by atoms with Crippen LogP contribution in [0.4, 0.5) is 0 Å². The van der Waals surface area contributed by atoms with Gasteiger partial charge in [0.05, 0.1) is 17.6 Å². The number of aliphatic hydroxyl groups excluding tert-OH is 1. The molecule has 4 aliphatic rings. The number of piperidine rings is 1. The second-order valence-corrected chi connectivity index (χ2v) is 10.4. The van der Waals surface area contributed by atoms with E-state index < -0.39 is 47.2 Å². The number of halogens is 1. The summed E-state index contributed by atoms with van der Waals surface area (Å²) in [6.07, 6.45) is 0.573. The summed E-state index contributed by atoms with van der Waals surface area (Å²) in [4.78, 5) is 38.0. The quantitative estimate of drug-likeness (QED) is 0.332. The predicted octanol–water partition coefficient (Wildman–Crippen LogP) is 0.545. The fourth-order valence-corrected chi connectivity index (χ4v) is 6.54. The minimum atomic E-state index is -1.30. The molecular formula is C26H33ClN2O9. The first-order chi connectivity index (χ1) is 17.5. The number of likely N-dealkylation sites (N-methyl/N-ethyl adjacent to an activating group) is 1. The number of aliphatic carboxylic acids is 1. The van der Waals surface area contributed by atoms with Gasteiger partial charge in [0.25, 0.3) is 0 Å². The molecule has 0 saturated carbocycles. The van der Waals surface area contributed by atoms with E-state index in [1.807, 2.05) is 19.2 Å². The minimum absolute atomic E-state index is 0. The molecule has 12 heteroatoms. The predicted molar refractivity (Wildman–Crippen MR) is 135 cm³/mol. The van der Waals surface area contributed by atoms with Crippen LogP contribution in [0.2, 0.25) is 0 Å². The van der Waals surface area contributed by atoms with Gasteiger partial charge in [0, 0.05) is 30.0 Å². The first-order valence-electron chi connectivity index (χ1n) is 12.5. The van der Waals surface area contributed by atoms with Crippen LogP contribution in [0.5, 0.6) is 5.75 Å². The summed E-state index contributed by atoms with van der Waals surface area (Å²) in [6, 6.07) is 2.46. The van der Waals surface area contributed by atoms with Crippen LogP contribution in [0.3, 0.4) is 0 Å². The molecule has 2 bridgehead atoms. The number of nitrogens with two attached hydrogens (primary N) is 1. The van der Waals surface area contributed by atoms with E-state index in [9.17, 15) is 24.6 Å². The van der Waals surface area contributed by atoms with E-state index in [1.165, 1.54) is 6.92 Å². The molecule has 38 heavy (non-hydrogen) atoms. The summed E-state index contributed by atoms with van der Waals surface area (Å²) >= 11 is 0. The van der Waals surface area contributed by atoms with Gasteiger partial charge in [-0.1, -0.05) is 12.1 Å². The molecule has 0 radical (unpaired) electrons. The summed E-state index contributed by atoms with van der Waals surface area (Å²) in [7, 11) is 1.99. The molecule has 1 fully saturated rings. The second-order valence-electron chi connectivity index (χ2n) is 10.4. The minimum Gasteiger partial charge on any atom is -0.481 e. The molecule has 2 aliphatic carbocycles. The van der Waals surface area contributed by atoms with Crippen molar-refractivity contribution < 1.29 is 43.9 Å². The van der Waals surface area contributed by atoms with Crippen LogP contribution >= 0.6 is 12.4 Å². The molecule has 1 aromatic carbocycles. The number of carboxylic acid groups (broad SMARTS) is 1. The molecular weight excluding hydrogens is 520 g/mol. The fourth-order valence-electron chi connectivity index (χ4n) is 6.54. The van der Waals surface area contributed by atoms with Crippen molar-refractivity contribution in [1.82, 2.24) is 4.90 Å². The summed E-state index contributed by atoms with van der Waals surface area (Å²) < 4.78 is 17.3. The Labute approximate surface area is 225 Å². The number of nitrogens with zero attached hydrogens (tertiary/aromatic N) is 1. The van der Waals surface area contributed by atoms with Gasteiger partial charge in [0.15, 0.2) is 12.2 Å². The second kappa shape index (κ2) is 10.1. The highest BCUT2D eigenvalue weighted by Crippen LogP contribution is 2.64. The summed E-state index contributed by atoms with van der Waals surface area (Å²) in [5.41, 5.74) is 6.18. The molecule has 0 unspecified atom stereocenters. The Hall–Kier alpha value is -2.70. The van der Waals surface area contributed by atoms with Crippen LogP contribution in [0, 0.1) is 0 Å². The molecule has 1 spiro atoms. The molecule has 5 rings (SSSR count). The van der Waals surface area contributed by atoms with E-state index in [2.05, 4.69) is 4.90 Å². The van der Waals surface area contributed by atoms with Crippen LogP contribution in [0.15, 0.2) is 24.0 Å². The van der Waals surface area contributed by atoms with Crippen LogP contribution in [-0.2, 0) is 42.3 Å². The lowest BCUT2D eigenvalue weighted by atomic mass is 9.50. The summed E-state index contributed by atoms with van der Waals surface area (Å²) in [5.74, 6) is -2.08. The Morgan fingerprint density at radius 2 is 2.03 bits per heavy atom. The van der Waals surface area contributed by atoms with Gasteiger partial charge in [-0.05, 0) is 51.4 Å². The topological polar surface area (TPSA) is 169 Å². The standard InChI is InChI=1S/C26H32N2O9.ClH/c1-13(35-24(33)16(27)5-6-19(30)31)23(32)36-17-7-8-26(34)18-11-14-3-4-15(12-29)21-20(14)25(26,22(17)37-21)9-10-28(18)2;/h3-4,7,13,16,18,22,29,34H,5-6,8-12,27H2,1-2H3,(H,30,31);1H/t13-,16-,18+,22-,25-,26+;/m0./s1. The van der Waals surface area contributed by atoms with Gasteiger partial charge < -0.3 is 40.2 Å². The Kier molecular flexibility index (Phi) is 7.54. The summed E-state index contributed by atoms with van der Waals surface area (Å²) in [5, 5.41) is 30.9. The normalized spacial score (nSPS) is 30.1. The SMILES string of the molecule is C[C@H](OC(=O)[C@@H](N)CCC(=O)O)C(=O)OC1=CC[C@@]2(O)[C@H]3Cc4ccc(CO)c5c4[C@@]2(CCN3C)[C@H]1O5.Cl. The Morgan fingerprint density at radius 1 is 1.29 bits per heavy atom. The van der Waals surface area contributed by atoms with Crippen LogP contribution in [0.1, 0.15) is 49.3 Å². The number of benzene rings is 1. The third kappa shape index (κ3) is 4.08. The van der Waals surface area contributed by atoms with E-state index in [1.54, 1.807) is 6.08 Å². The van der Waals surface area contributed by atoms with Crippen molar-refractivity contribution in [2.75, 3.05) is 13.6 Å². The number of aliphatic hydroxyl groups is 2. The zero-order valence-corrected chi connectivity index (χ0v) is 22.0. The number of rotatable bonds is 8. The van der Waals surface area contributed by atoms with Gasteiger partial charge >= 0.3 is 17.9 Å². The van der Waals surface area contributed by atoms with Gasteiger partial charge in [-0.2, -0.15) is 0 Å². The lowest BCUT2D eigenvalue weighted by molar-refractivity contribution is -0.175.